The summed E-state index contributed by atoms with van der Waals surface area (Å²) in [5.74, 6) is 4.05. The Labute approximate surface area is 219 Å². The first-order valence-electron chi connectivity index (χ1n) is 12.0. The Morgan fingerprint density at radius 1 is 1.06 bits per heavy atom. The van der Waals surface area contributed by atoms with Crippen molar-refractivity contribution in [3.8, 4) is 0 Å². The number of benzene rings is 2. The number of nitrogens with zero attached hydrogens (tertiary/aromatic N) is 5. The van der Waals surface area contributed by atoms with Crippen LogP contribution in [0.2, 0.25) is 0 Å². The highest BCUT2D eigenvalue weighted by Gasteiger charge is 2.24. The van der Waals surface area contributed by atoms with Crippen molar-refractivity contribution in [2.45, 2.75) is 39.7 Å². The molecule has 0 aromatic heterocycles. The number of hydrogen-bond donors (Lipinski definition) is 0. The van der Waals surface area contributed by atoms with E-state index >= 15 is 4.39 Å². The number of para-hydroxylation sites is 1. The molecule has 2 aliphatic heterocycles. The maximum Gasteiger partial charge on any atom is 0.278 e. The van der Waals surface area contributed by atoms with E-state index in [2.05, 4.69) is 49.1 Å². The fourth-order valence-corrected chi connectivity index (χ4v) is 5.79. The summed E-state index contributed by atoms with van der Waals surface area (Å²) in [6, 6.07) is 14.7. The van der Waals surface area contributed by atoms with Crippen LogP contribution < -0.4 is 4.31 Å². The van der Waals surface area contributed by atoms with Crippen LogP contribution in [0, 0.1) is 5.82 Å². The lowest BCUT2D eigenvalue weighted by molar-refractivity contribution is 0.224. The lowest BCUT2D eigenvalue weighted by atomic mass is 10.0. The van der Waals surface area contributed by atoms with E-state index in [1.54, 1.807) is 24.1 Å². The Kier molecular flexibility index (Phi) is 11.0. The molecule has 36 heavy (non-hydrogen) atoms. The zero-order chi connectivity index (χ0) is 26.1. The third-order valence-electron chi connectivity index (χ3n) is 5.65. The third kappa shape index (κ3) is 7.44. The Balaban J connectivity index is 0.00000115. The molecule has 2 aliphatic rings. The van der Waals surface area contributed by atoms with E-state index in [1.165, 1.54) is 12.5 Å². The number of halogens is 3. The van der Waals surface area contributed by atoms with Crippen LogP contribution >= 0.6 is 22.8 Å². The number of anilines is 1. The van der Waals surface area contributed by atoms with Crippen molar-refractivity contribution >= 4 is 45.8 Å². The second kappa shape index (κ2) is 14.0. The summed E-state index contributed by atoms with van der Waals surface area (Å²) >= 11 is 1.75. The Bertz CT molecular complexity index is 1070. The van der Waals surface area contributed by atoms with E-state index in [0.717, 1.165) is 31.9 Å². The average molecular weight is 538 g/mol. The second-order valence-corrected chi connectivity index (χ2v) is 10.9. The number of alkyl halides is 2. The minimum absolute atomic E-state index is 0.0586. The van der Waals surface area contributed by atoms with Crippen LogP contribution in [-0.2, 0) is 6.54 Å². The Morgan fingerprint density at radius 2 is 1.72 bits per heavy atom. The van der Waals surface area contributed by atoms with Gasteiger partial charge in [0.05, 0.1) is 12.3 Å². The molecule has 2 heterocycles. The molecule has 5 nitrogen and oxygen atoms in total. The monoisotopic (exact) mass is 537 g/mol. The fourth-order valence-electron chi connectivity index (χ4n) is 3.74. The lowest BCUT2D eigenvalue weighted by Gasteiger charge is -2.39. The van der Waals surface area contributed by atoms with Crippen molar-refractivity contribution in [2.24, 2.45) is 10.2 Å². The molecule has 0 amide bonds. The average Bonchev–Trinajstić information content (AvgIpc) is 3.40. The maximum atomic E-state index is 15.1. The van der Waals surface area contributed by atoms with Crippen molar-refractivity contribution in [3.63, 3.8) is 0 Å². The largest absolute Gasteiger partial charge is 0.306 e. The second-order valence-electron chi connectivity index (χ2n) is 8.38. The summed E-state index contributed by atoms with van der Waals surface area (Å²) in [5, 5.41) is 7.34. The van der Waals surface area contributed by atoms with Gasteiger partial charge in [0.1, 0.15) is 11.5 Å². The van der Waals surface area contributed by atoms with Gasteiger partial charge in [-0.3, -0.25) is 0 Å². The van der Waals surface area contributed by atoms with E-state index in [1.807, 2.05) is 30.3 Å². The molecule has 2 aromatic rings. The molecule has 0 radical (unpaired) electrons. The molecular weight excluding hydrogens is 503 g/mol. The highest BCUT2D eigenvalue weighted by atomic mass is 32.2. The summed E-state index contributed by atoms with van der Waals surface area (Å²) in [6.45, 7) is 8.29. The molecule has 0 bridgehead atoms. The van der Waals surface area contributed by atoms with E-state index in [9.17, 15) is 8.78 Å². The van der Waals surface area contributed by atoms with Crippen LogP contribution in [0.4, 0.5) is 18.9 Å². The van der Waals surface area contributed by atoms with Gasteiger partial charge in [-0.1, -0.05) is 62.5 Å². The quantitative estimate of drug-likeness (QED) is 0.285. The molecule has 0 spiro atoms. The summed E-state index contributed by atoms with van der Waals surface area (Å²) in [5.41, 5.74) is 2.04. The van der Waals surface area contributed by atoms with Gasteiger partial charge in [0.25, 0.3) is 6.43 Å². The Hall–Kier alpha value is -2.14. The Morgan fingerprint density at radius 3 is 2.28 bits per heavy atom. The van der Waals surface area contributed by atoms with Crippen LogP contribution in [-0.4, -0.2) is 64.8 Å². The molecule has 1 fully saturated rings. The molecule has 1 atom stereocenters. The zero-order valence-electron chi connectivity index (χ0n) is 21.0. The first kappa shape index (κ1) is 28.4. The number of hydrogen-bond acceptors (Lipinski definition) is 6. The summed E-state index contributed by atoms with van der Waals surface area (Å²) in [7, 11) is -0.500. The molecule has 10 heteroatoms. The van der Waals surface area contributed by atoms with Crippen molar-refractivity contribution in [1.82, 2.24) is 8.61 Å². The summed E-state index contributed by atoms with van der Waals surface area (Å²) < 4.78 is 47.6. The van der Waals surface area contributed by atoms with Crippen LogP contribution in [0.25, 0.3) is 0 Å². The van der Waals surface area contributed by atoms with Crippen LogP contribution in [0.1, 0.15) is 37.8 Å². The fraction of sp³-hybridized carbons (Fsp3) is 0.423. The normalized spacial score (nSPS) is 17.3. The van der Waals surface area contributed by atoms with Crippen molar-refractivity contribution in [2.75, 3.05) is 36.7 Å². The van der Waals surface area contributed by atoms with Gasteiger partial charge in [-0.2, -0.15) is 10.2 Å². The van der Waals surface area contributed by atoms with Gasteiger partial charge < -0.3 is 4.31 Å². The van der Waals surface area contributed by atoms with Gasteiger partial charge in [-0.15, -0.1) is 0 Å². The standard InChI is InChI=1S/C23H26F3N5S2.C3H8/c1-32-29-10-12-30(13-11-29)33(2)31(19-6-4-3-5-7-19)16-18-9-8-17(14-20(18)24)21-15-22(23(25)26)28-27-21;1-3-2/h3-9,14,23H,2,10-13,15-16H2,1H3;3H2,1-2H3. The van der Waals surface area contributed by atoms with Gasteiger partial charge in [0.2, 0.25) is 0 Å². The zero-order valence-corrected chi connectivity index (χ0v) is 22.7. The summed E-state index contributed by atoms with van der Waals surface area (Å²) in [4.78, 5) is 0. The maximum absolute atomic E-state index is 15.1. The van der Waals surface area contributed by atoms with E-state index in [-0.39, 0.29) is 12.1 Å². The van der Waals surface area contributed by atoms with Crippen molar-refractivity contribution in [1.29, 1.82) is 0 Å². The van der Waals surface area contributed by atoms with Crippen molar-refractivity contribution in [3.05, 3.63) is 65.5 Å². The van der Waals surface area contributed by atoms with E-state index < -0.39 is 23.1 Å². The first-order chi connectivity index (χ1) is 17.4. The van der Waals surface area contributed by atoms with Crippen LogP contribution in [0.5, 0.6) is 0 Å². The molecule has 0 saturated carbocycles. The SMILES string of the molecule is C=S(N1CCN(SC)CC1)N(Cc1ccc(C2=NN=C(C(F)F)C2)cc1F)c1ccccc1.CCC. The van der Waals surface area contributed by atoms with E-state index in [4.69, 9.17) is 0 Å². The van der Waals surface area contributed by atoms with Gasteiger partial charge in [0, 0.05) is 49.4 Å². The predicted molar refractivity (Wildman–Crippen MR) is 151 cm³/mol. The molecule has 0 N–H and O–H groups in total. The molecule has 4 rings (SSSR count). The van der Waals surface area contributed by atoms with Crippen molar-refractivity contribution < 1.29 is 13.2 Å². The van der Waals surface area contributed by atoms with Gasteiger partial charge in [-0.05, 0) is 41.2 Å². The van der Waals surface area contributed by atoms with Gasteiger partial charge >= 0.3 is 0 Å². The number of rotatable bonds is 8. The lowest BCUT2D eigenvalue weighted by Crippen LogP contribution is -2.42. The van der Waals surface area contributed by atoms with Gasteiger partial charge in [-0.25, -0.2) is 21.8 Å². The molecular formula is C26H34F3N5S2. The summed E-state index contributed by atoms with van der Waals surface area (Å²) in [6.07, 6.45) is 0.624. The predicted octanol–water partition coefficient (Wildman–Crippen LogP) is 6.49. The molecule has 0 aliphatic carbocycles. The first-order valence-corrected chi connectivity index (χ1v) is 14.5. The van der Waals surface area contributed by atoms with Crippen LogP contribution in [0.3, 0.4) is 0 Å². The third-order valence-corrected chi connectivity index (χ3v) is 8.34. The topological polar surface area (TPSA) is 34.4 Å². The van der Waals surface area contributed by atoms with Gasteiger partial charge in [0.15, 0.2) is 0 Å². The highest BCUT2D eigenvalue weighted by molar-refractivity contribution is 8.13. The molecule has 196 valence electrons. The minimum atomic E-state index is -2.65. The smallest absolute Gasteiger partial charge is 0.278 e. The number of piperazine rings is 1. The van der Waals surface area contributed by atoms with Crippen LogP contribution in [0.15, 0.2) is 58.7 Å². The molecule has 1 saturated heterocycles. The molecule has 2 aromatic carbocycles. The minimum Gasteiger partial charge on any atom is -0.306 e. The molecule has 1 unspecified atom stereocenters. The van der Waals surface area contributed by atoms with E-state index in [0.29, 0.717) is 23.4 Å². The highest BCUT2D eigenvalue weighted by Crippen LogP contribution is 2.33.